The highest BCUT2D eigenvalue weighted by molar-refractivity contribution is 7.80. The van der Waals surface area contributed by atoms with Crippen LogP contribution in [0.1, 0.15) is 20.8 Å². The van der Waals surface area contributed by atoms with Gasteiger partial charge in [0.15, 0.2) is 28.2 Å². The van der Waals surface area contributed by atoms with Crippen molar-refractivity contribution >= 4 is 56.4 Å². The smallest absolute Gasteiger partial charge is 0.261 e. The lowest BCUT2D eigenvalue weighted by molar-refractivity contribution is -0.119. The number of aromatic nitrogens is 1. The number of thiocarbonyl (C=S) groups is 1. The first-order valence-corrected chi connectivity index (χ1v) is 15.0. The van der Waals surface area contributed by atoms with E-state index >= 15 is 4.39 Å². The Balaban J connectivity index is 1.19. The van der Waals surface area contributed by atoms with Crippen molar-refractivity contribution in [3.05, 3.63) is 107 Å². The molecule has 0 aliphatic carbocycles. The minimum Gasteiger partial charge on any atom is -0.493 e. The van der Waals surface area contributed by atoms with E-state index in [2.05, 4.69) is 20.9 Å². The number of halogens is 1. The van der Waals surface area contributed by atoms with Crippen LogP contribution in [-0.4, -0.2) is 42.7 Å². The third-order valence-electron chi connectivity index (χ3n) is 6.62. The van der Waals surface area contributed by atoms with E-state index in [-0.39, 0.29) is 29.1 Å². The number of hydrogen-bond acceptors (Lipinski definition) is 8. The van der Waals surface area contributed by atoms with Gasteiger partial charge >= 0.3 is 0 Å². The molecule has 5 aromatic rings. The number of carbonyl (C=O) groups is 2. The monoisotopic (exact) mass is 644 g/mol. The number of ether oxygens (including phenoxy) is 3. The number of hydrogen-bond donors (Lipinski definition) is 3. The second kappa shape index (κ2) is 14.6. The summed E-state index contributed by atoms with van der Waals surface area (Å²) in [6, 6.07) is 22.4. The van der Waals surface area contributed by atoms with Crippen LogP contribution >= 0.6 is 23.6 Å². The first-order valence-electron chi connectivity index (χ1n) is 13.8. The van der Waals surface area contributed by atoms with Crippen LogP contribution in [0.3, 0.4) is 0 Å². The number of amides is 2. The Hall–Kier alpha value is -5.07. The average molecular weight is 645 g/mol. The first-order chi connectivity index (χ1) is 21.8. The summed E-state index contributed by atoms with van der Waals surface area (Å²) in [7, 11) is 3.15. The number of fused-ring (bicyclic) bond motifs is 1. The van der Waals surface area contributed by atoms with E-state index in [9.17, 15) is 9.59 Å². The molecule has 0 saturated heterocycles. The molecule has 45 heavy (non-hydrogen) atoms. The summed E-state index contributed by atoms with van der Waals surface area (Å²) >= 11 is 6.42. The zero-order chi connectivity index (χ0) is 31.8. The molecule has 5 rings (SSSR count). The second-order valence-electron chi connectivity index (χ2n) is 9.74. The number of nitrogens with one attached hydrogen (secondary N) is 3. The maximum Gasteiger partial charge on any atom is 0.261 e. The fraction of sp³-hybridized carbons (Fsp3) is 0.152. The van der Waals surface area contributed by atoms with Crippen LogP contribution in [0.5, 0.6) is 23.0 Å². The van der Waals surface area contributed by atoms with Crippen molar-refractivity contribution in [2.24, 2.45) is 0 Å². The third-order valence-corrected chi connectivity index (χ3v) is 7.96. The Bertz CT molecular complexity index is 1850. The molecule has 0 saturated carbocycles. The van der Waals surface area contributed by atoms with E-state index in [1.165, 1.54) is 29.7 Å². The Morgan fingerprint density at radius 1 is 0.889 bits per heavy atom. The van der Waals surface area contributed by atoms with Crippen molar-refractivity contribution in [3.8, 4) is 23.0 Å². The molecule has 0 aliphatic heterocycles. The molecule has 2 heterocycles. The van der Waals surface area contributed by atoms with Crippen molar-refractivity contribution in [1.29, 1.82) is 0 Å². The zero-order valence-corrected chi connectivity index (χ0v) is 26.0. The van der Waals surface area contributed by atoms with Crippen molar-refractivity contribution in [2.75, 3.05) is 26.1 Å². The number of thiophene rings is 1. The number of carbonyl (C=O) groups excluding carboxylic acids is 2. The summed E-state index contributed by atoms with van der Waals surface area (Å²) in [6.45, 7) is 0.408. The van der Waals surface area contributed by atoms with Gasteiger partial charge in [0.1, 0.15) is 5.75 Å². The zero-order valence-electron chi connectivity index (χ0n) is 24.4. The van der Waals surface area contributed by atoms with Crippen LogP contribution in [0.4, 0.5) is 10.1 Å². The molecule has 0 unspecified atom stereocenters. The lowest BCUT2D eigenvalue weighted by atomic mass is 10.1. The Labute approximate surface area is 268 Å². The summed E-state index contributed by atoms with van der Waals surface area (Å²) in [4.78, 5) is 30.0. The minimum atomic E-state index is -0.645. The number of anilines is 1. The van der Waals surface area contributed by atoms with Crippen LogP contribution < -0.4 is 30.2 Å². The lowest BCUT2D eigenvalue weighted by Crippen LogP contribution is -2.35. The SMILES string of the molecule is COc1ccc(CCNC(=O)c2cc3nccc(Oc4ccc(NC(=S)NC(=O)Cc5ccccc5)cc4F)c3s2)cc1OC. The van der Waals surface area contributed by atoms with Crippen molar-refractivity contribution in [1.82, 2.24) is 15.6 Å². The van der Waals surface area contributed by atoms with Crippen LogP contribution in [-0.2, 0) is 17.6 Å². The lowest BCUT2D eigenvalue weighted by Gasteiger charge is -2.12. The Morgan fingerprint density at radius 3 is 2.42 bits per heavy atom. The van der Waals surface area contributed by atoms with Crippen LogP contribution in [0.25, 0.3) is 10.2 Å². The van der Waals surface area contributed by atoms with Gasteiger partial charge in [0, 0.05) is 30.6 Å². The molecule has 2 aromatic heterocycles. The van der Waals surface area contributed by atoms with Gasteiger partial charge in [-0.15, -0.1) is 11.3 Å². The number of rotatable bonds is 11. The van der Waals surface area contributed by atoms with Gasteiger partial charge in [0.05, 0.1) is 35.7 Å². The fourth-order valence-corrected chi connectivity index (χ4v) is 5.66. The largest absolute Gasteiger partial charge is 0.493 e. The first kappa shape index (κ1) is 31.4. The van der Waals surface area contributed by atoms with Crippen LogP contribution in [0, 0.1) is 5.82 Å². The van der Waals surface area contributed by atoms with Crippen molar-refractivity contribution in [2.45, 2.75) is 12.8 Å². The second-order valence-corrected chi connectivity index (χ2v) is 11.2. The summed E-state index contributed by atoms with van der Waals surface area (Å²) in [6.07, 6.45) is 2.29. The summed E-state index contributed by atoms with van der Waals surface area (Å²) in [5.41, 5.74) is 2.73. The fourth-order valence-electron chi connectivity index (χ4n) is 4.44. The molecule has 0 bridgehead atoms. The van der Waals surface area contributed by atoms with Crippen LogP contribution in [0.2, 0.25) is 0 Å². The van der Waals surface area contributed by atoms with E-state index in [1.54, 1.807) is 32.4 Å². The number of methoxy groups -OCH3 is 2. The maximum atomic E-state index is 15.1. The molecule has 0 radical (unpaired) electrons. The molecule has 0 fully saturated rings. The summed E-state index contributed by atoms with van der Waals surface area (Å²) < 4.78 is 32.2. The normalized spacial score (nSPS) is 10.6. The van der Waals surface area contributed by atoms with Gasteiger partial charge in [-0.1, -0.05) is 36.4 Å². The highest BCUT2D eigenvalue weighted by atomic mass is 32.1. The molecule has 230 valence electrons. The van der Waals surface area contributed by atoms with Crippen molar-refractivity contribution < 1.29 is 28.2 Å². The molecule has 0 atom stereocenters. The quantitative estimate of drug-likeness (QED) is 0.144. The molecule has 3 N–H and O–H groups in total. The maximum absolute atomic E-state index is 15.1. The van der Waals surface area contributed by atoms with E-state index < -0.39 is 5.82 Å². The molecular weight excluding hydrogens is 616 g/mol. The van der Waals surface area contributed by atoms with E-state index in [0.717, 1.165) is 11.1 Å². The highest BCUT2D eigenvalue weighted by Crippen LogP contribution is 2.36. The average Bonchev–Trinajstić information content (AvgIpc) is 3.48. The van der Waals surface area contributed by atoms with Crippen molar-refractivity contribution in [3.63, 3.8) is 0 Å². The standard InChI is InChI=1S/C33H29FN4O5S2/c1-41-26-10-8-21(16-28(26)42-2)12-14-36-32(40)29-19-24-31(45-29)27(13-15-35-24)43-25-11-9-22(18-23(25)34)37-33(44)38-30(39)17-20-6-4-3-5-7-20/h3-11,13,15-16,18-19H,12,14,17H2,1-2H3,(H,36,40)(H2,37,38,39,44). The van der Waals surface area contributed by atoms with E-state index in [4.69, 9.17) is 26.4 Å². The van der Waals surface area contributed by atoms with Gasteiger partial charge in [0.25, 0.3) is 5.91 Å². The molecule has 0 spiro atoms. The molecule has 3 aromatic carbocycles. The molecule has 2 amide bonds. The number of benzene rings is 3. The molecule has 0 aliphatic rings. The number of nitrogens with zero attached hydrogens (tertiary/aromatic N) is 1. The topological polar surface area (TPSA) is 111 Å². The van der Waals surface area contributed by atoms with Crippen LogP contribution in [0.15, 0.2) is 85.1 Å². The Kier molecular flexibility index (Phi) is 10.2. The third kappa shape index (κ3) is 8.11. The van der Waals surface area contributed by atoms with Gasteiger partial charge < -0.3 is 30.2 Å². The highest BCUT2D eigenvalue weighted by Gasteiger charge is 2.16. The van der Waals surface area contributed by atoms with Gasteiger partial charge in [-0.3, -0.25) is 14.6 Å². The van der Waals surface area contributed by atoms with E-state index in [0.29, 0.717) is 51.0 Å². The summed E-state index contributed by atoms with van der Waals surface area (Å²) in [5, 5.41) is 8.38. The summed E-state index contributed by atoms with van der Waals surface area (Å²) in [5.74, 6) is 0.406. The van der Waals surface area contributed by atoms with Gasteiger partial charge in [0.2, 0.25) is 5.91 Å². The minimum absolute atomic E-state index is 0.0265. The van der Waals surface area contributed by atoms with Gasteiger partial charge in [-0.2, -0.15) is 0 Å². The predicted octanol–water partition coefficient (Wildman–Crippen LogP) is 6.27. The molecule has 12 heteroatoms. The van der Waals surface area contributed by atoms with Gasteiger partial charge in [-0.05, 0) is 60.1 Å². The predicted molar refractivity (Wildman–Crippen MR) is 176 cm³/mol. The van der Waals surface area contributed by atoms with Gasteiger partial charge in [-0.25, -0.2) is 4.39 Å². The van der Waals surface area contributed by atoms with E-state index in [1.807, 2.05) is 48.5 Å². The molecular formula is C33H29FN4O5S2. The number of pyridine rings is 1. The Morgan fingerprint density at radius 2 is 1.67 bits per heavy atom. The molecule has 9 nitrogen and oxygen atoms in total.